The molecular formula is C10H18N2. The molecular weight excluding hydrogens is 148 g/mol. The van der Waals surface area contributed by atoms with Gasteiger partial charge in [-0.2, -0.15) is 0 Å². The molecule has 68 valence electrons. The summed E-state index contributed by atoms with van der Waals surface area (Å²) in [5, 5.41) is 7.91. The van der Waals surface area contributed by atoms with Crippen molar-refractivity contribution in [1.29, 1.82) is 5.41 Å². The Bertz CT molecular complexity index is 204. The molecule has 0 spiro atoms. The molecule has 2 heteroatoms. The average molecular weight is 166 g/mol. The molecule has 0 radical (unpaired) electrons. The van der Waals surface area contributed by atoms with Crippen LogP contribution >= 0.6 is 0 Å². The van der Waals surface area contributed by atoms with E-state index in [1.807, 2.05) is 0 Å². The van der Waals surface area contributed by atoms with Crippen molar-refractivity contribution >= 4 is 5.84 Å². The van der Waals surface area contributed by atoms with Crippen LogP contribution in [0.5, 0.6) is 0 Å². The Hall–Kier alpha value is -0.530. The molecule has 0 bridgehead atoms. The van der Waals surface area contributed by atoms with Gasteiger partial charge in [-0.15, -0.1) is 0 Å². The lowest BCUT2D eigenvalue weighted by Gasteiger charge is -2.21. The van der Waals surface area contributed by atoms with E-state index in [2.05, 4.69) is 18.7 Å². The van der Waals surface area contributed by atoms with E-state index >= 15 is 0 Å². The summed E-state index contributed by atoms with van der Waals surface area (Å²) >= 11 is 0. The Labute approximate surface area is 74.5 Å². The van der Waals surface area contributed by atoms with Crippen LogP contribution in [0.3, 0.4) is 0 Å². The highest BCUT2D eigenvalue weighted by molar-refractivity contribution is 5.84. The molecule has 2 aliphatic rings. The van der Waals surface area contributed by atoms with Gasteiger partial charge < -0.3 is 4.90 Å². The summed E-state index contributed by atoms with van der Waals surface area (Å²) in [6.45, 7) is 6.81. The van der Waals surface area contributed by atoms with Crippen molar-refractivity contribution in [3.63, 3.8) is 0 Å². The van der Waals surface area contributed by atoms with Gasteiger partial charge in [-0.05, 0) is 24.7 Å². The molecule has 1 saturated heterocycles. The maximum atomic E-state index is 7.91. The zero-order valence-electron chi connectivity index (χ0n) is 8.06. The van der Waals surface area contributed by atoms with Crippen LogP contribution in [0.4, 0.5) is 0 Å². The maximum absolute atomic E-state index is 7.91. The lowest BCUT2D eigenvalue weighted by molar-refractivity contribution is 0.371. The molecule has 0 aromatic heterocycles. The van der Waals surface area contributed by atoms with Crippen molar-refractivity contribution in [2.45, 2.75) is 33.1 Å². The van der Waals surface area contributed by atoms with Crippen molar-refractivity contribution < 1.29 is 0 Å². The van der Waals surface area contributed by atoms with Gasteiger partial charge in [0, 0.05) is 19.0 Å². The van der Waals surface area contributed by atoms with Gasteiger partial charge in [0.25, 0.3) is 0 Å². The molecule has 2 rings (SSSR count). The van der Waals surface area contributed by atoms with Crippen LogP contribution in [0.25, 0.3) is 0 Å². The standard InChI is InChI=1S/C10H18N2/c1-10(2)5-6-12(7-10)9(11)8-3-4-8/h8,11H,3-7H2,1-2H3. The first-order chi connectivity index (χ1) is 5.58. The first kappa shape index (κ1) is 8.09. The zero-order valence-corrected chi connectivity index (χ0v) is 8.06. The molecule has 12 heavy (non-hydrogen) atoms. The second-order valence-electron chi connectivity index (χ2n) is 5.00. The first-order valence-electron chi connectivity index (χ1n) is 4.92. The van der Waals surface area contributed by atoms with E-state index in [1.165, 1.54) is 19.3 Å². The minimum Gasteiger partial charge on any atom is -0.360 e. The molecule has 0 amide bonds. The van der Waals surface area contributed by atoms with Gasteiger partial charge in [0.15, 0.2) is 0 Å². The minimum atomic E-state index is 0.446. The predicted molar refractivity (Wildman–Crippen MR) is 50.4 cm³/mol. The van der Waals surface area contributed by atoms with Crippen molar-refractivity contribution in [2.24, 2.45) is 11.3 Å². The molecule has 1 saturated carbocycles. The highest BCUT2D eigenvalue weighted by Crippen LogP contribution is 2.36. The van der Waals surface area contributed by atoms with Crippen LogP contribution in [0.15, 0.2) is 0 Å². The number of rotatable bonds is 1. The molecule has 0 atom stereocenters. The van der Waals surface area contributed by atoms with Gasteiger partial charge in [0.1, 0.15) is 0 Å². The summed E-state index contributed by atoms with van der Waals surface area (Å²) in [7, 11) is 0. The van der Waals surface area contributed by atoms with Crippen LogP contribution in [0.1, 0.15) is 33.1 Å². The van der Waals surface area contributed by atoms with Crippen LogP contribution < -0.4 is 0 Å². The lowest BCUT2D eigenvalue weighted by atomic mass is 9.93. The van der Waals surface area contributed by atoms with E-state index in [0.29, 0.717) is 11.3 Å². The first-order valence-corrected chi connectivity index (χ1v) is 4.92. The third-order valence-corrected chi connectivity index (χ3v) is 2.98. The fourth-order valence-corrected chi connectivity index (χ4v) is 1.93. The molecule has 1 heterocycles. The Morgan fingerprint density at radius 1 is 1.42 bits per heavy atom. The van der Waals surface area contributed by atoms with Gasteiger partial charge in [-0.3, -0.25) is 5.41 Å². The number of hydrogen-bond acceptors (Lipinski definition) is 1. The van der Waals surface area contributed by atoms with Gasteiger partial charge in [-0.25, -0.2) is 0 Å². The number of amidine groups is 1. The van der Waals surface area contributed by atoms with Crippen molar-refractivity contribution in [2.75, 3.05) is 13.1 Å². The quantitative estimate of drug-likeness (QED) is 0.469. The second kappa shape index (κ2) is 2.48. The van der Waals surface area contributed by atoms with E-state index in [9.17, 15) is 0 Å². The van der Waals surface area contributed by atoms with Gasteiger partial charge in [0.05, 0.1) is 5.84 Å². The fourth-order valence-electron chi connectivity index (χ4n) is 1.93. The van der Waals surface area contributed by atoms with E-state index in [4.69, 9.17) is 5.41 Å². The lowest BCUT2D eigenvalue weighted by Crippen LogP contribution is -2.30. The van der Waals surface area contributed by atoms with Crippen molar-refractivity contribution in [3.05, 3.63) is 0 Å². The van der Waals surface area contributed by atoms with Crippen molar-refractivity contribution in [1.82, 2.24) is 4.90 Å². The summed E-state index contributed by atoms with van der Waals surface area (Å²) in [5.74, 6) is 1.54. The van der Waals surface area contributed by atoms with Crippen molar-refractivity contribution in [3.8, 4) is 0 Å². The number of nitrogens with zero attached hydrogens (tertiary/aromatic N) is 1. The summed E-state index contributed by atoms with van der Waals surface area (Å²) < 4.78 is 0. The molecule has 0 unspecified atom stereocenters. The van der Waals surface area contributed by atoms with Gasteiger partial charge in [-0.1, -0.05) is 13.8 Å². The Morgan fingerprint density at radius 2 is 2.08 bits per heavy atom. The van der Waals surface area contributed by atoms with Gasteiger partial charge >= 0.3 is 0 Å². The Kier molecular flexibility index (Phi) is 1.67. The summed E-state index contributed by atoms with van der Waals surface area (Å²) in [5.41, 5.74) is 0.446. The van der Waals surface area contributed by atoms with E-state index in [0.717, 1.165) is 18.9 Å². The second-order valence-corrected chi connectivity index (χ2v) is 5.00. The third-order valence-electron chi connectivity index (χ3n) is 2.98. The number of hydrogen-bond donors (Lipinski definition) is 1. The van der Waals surface area contributed by atoms with E-state index in [1.54, 1.807) is 0 Å². The molecule has 2 fully saturated rings. The Morgan fingerprint density at radius 3 is 2.50 bits per heavy atom. The summed E-state index contributed by atoms with van der Waals surface area (Å²) in [6, 6.07) is 0. The SMILES string of the molecule is CC1(C)CCN(C(=N)C2CC2)C1. The minimum absolute atomic E-state index is 0.446. The van der Waals surface area contributed by atoms with Gasteiger partial charge in [0.2, 0.25) is 0 Å². The van der Waals surface area contributed by atoms with E-state index in [-0.39, 0.29) is 0 Å². The average Bonchev–Trinajstić information content (AvgIpc) is 2.75. The molecule has 0 aromatic rings. The smallest absolute Gasteiger partial charge is 0.0989 e. The largest absolute Gasteiger partial charge is 0.360 e. The maximum Gasteiger partial charge on any atom is 0.0989 e. The third kappa shape index (κ3) is 1.47. The van der Waals surface area contributed by atoms with Crippen LogP contribution in [-0.2, 0) is 0 Å². The molecule has 1 aliphatic heterocycles. The highest BCUT2D eigenvalue weighted by atomic mass is 15.2. The monoisotopic (exact) mass is 166 g/mol. The normalized spacial score (nSPS) is 27.7. The Balaban J connectivity index is 1.94. The van der Waals surface area contributed by atoms with Crippen LogP contribution in [0.2, 0.25) is 0 Å². The molecule has 1 N–H and O–H groups in total. The predicted octanol–water partition coefficient (Wildman–Crippen LogP) is 2.11. The number of likely N-dealkylation sites (tertiary alicyclic amines) is 1. The fraction of sp³-hybridized carbons (Fsp3) is 0.900. The van der Waals surface area contributed by atoms with E-state index < -0.39 is 0 Å². The van der Waals surface area contributed by atoms with Crippen LogP contribution in [-0.4, -0.2) is 23.8 Å². The summed E-state index contributed by atoms with van der Waals surface area (Å²) in [4.78, 5) is 2.28. The molecule has 0 aromatic carbocycles. The molecule has 1 aliphatic carbocycles. The topological polar surface area (TPSA) is 27.1 Å². The zero-order chi connectivity index (χ0) is 8.77. The highest BCUT2D eigenvalue weighted by Gasteiger charge is 2.36. The van der Waals surface area contributed by atoms with Crippen LogP contribution in [0, 0.1) is 16.7 Å². The number of nitrogens with one attached hydrogen (secondary N) is 1. The molecule has 2 nitrogen and oxygen atoms in total. The summed E-state index contributed by atoms with van der Waals surface area (Å²) in [6.07, 6.45) is 3.77.